The minimum Gasteiger partial charge on any atom is -0.308 e. The number of anilines is 1. The highest BCUT2D eigenvalue weighted by Crippen LogP contribution is 2.09. The third-order valence-corrected chi connectivity index (χ3v) is 3.32. The van der Waals surface area contributed by atoms with Gasteiger partial charge in [-0.2, -0.15) is 5.10 Å². The smallest absolute Gasteiger partial charge is 0.239 e. The highest BCUT2D eigenvalue weighted by Gasteiger charge is 2.10. The zero-order valence-corrected chi connectivity index (χ0v) is 13.1. The SMILES string of the molecule is CN(CC(=O)Nc1ccn(C)n1)Cc1cnc2ccccc2n1. The molecule has 2 heterocycles. The van der Waals surface area contributed by atoms with E-state index in [-0.39, 0.29) is 12.5 Å². The van der Waals surface area contributed by atoms with Crippen molar-refractivity contribution in [2.24, 2.45) is 7.05 Å². The van der Waals surface area contributed by atoms with Gasteiger partial charge in [0.25, 0.3) is 0 Å². The van der Waals surface area contributed by atoms with E-state index in [1.165, 1.54) is 0 Å². The fraction of sp³-hybridized carbons (Fsp3) is 0.250. The lowest BCUT2D eigenvalue weighted by molar-refractivity contribution is -0.117. The molecule has 1 amide bonds. The highest BCUT2D eigenvalue weighted by molar-refractivity contribution is 5.91. The number of amides is 1. The number of rotatable bonds is 5. The number of nitrogens with zero attached hydrogens (tertiary/aromatic N) is 5. The van der Waals surface area contributed by atoms with Gasteiger partial charge in [0.2, 0.25) is 5.91 Å². The molecule has 7 heteroatoms. The van der Waals surface area contributed by atoms with Crippen LogP contribution in [0.3, 0.4) is 0 Å². The highest BCUT2D eigenvalue weighted by atomic mass is 16.2. The molecule has 0 unspecified atom stereocenters. The lowest BCUT2D eigenvalue weighted by Crippen LogP contribution is -2.30. The second-order valence-corrected chi connectivity index (χ2v) is 5.45. The number of benzene rings is 1. The Kier molecular flexibility index (Phi) is 4.29. The van der Waals surface area contributed by atoms with Crippen molar-refractivity contribution in [3.8, 4) is 0 Å². The van der Waals surface area contributed by atoms with E-state index in [1.807, 2.05) is 36.2 Å². The van der Waals surface area contributed by atoms with Gasteiger partial charge in [0.15, 0.2) is 5.82 Å². The molecule has 0 atom stereocenters. The fourth-order valence-electron chi connectivity index (χ4n) is 2.31. The molecule has 3 rings (SSSR count). The van der Waals surface area contributed by atoms with Crippen LogP contribution in [0, 0.1) is 0 Å². The van der Waals surface area contributed by atoms with E-state index >= 15 is 0 Å². The number of aryl methyl sites for hydroxylation is 1. The summed E-state index contributed by atoms with van der Waals surface area (Å²) >= 11 is 0. The van der Waals surface area contributed by atoms with Crippen molar-refractivity contribution in [3.63, 3.8) is 0 Å². The van der Waals surface area contributed by atoms with Gasteiger partial charge in [0, 0.05) is 25.9 Å². The number of aromatic nitrogens is 4. The summed E-state index contributed by atoms with van der Waals surface area (Å²) in [4.78, 5) is 22.8. The molecular weight excluding hydrogens is 292 g/mol. The maximum absolute atomic E-state index is 12.0. The lowest BCUT2D eigenvalue weighted by Gasteiger charge is -2.15. The normalized spacial score (nSPS) is 11.1. The van der Waals surface area contributed by atoms with Crippen LogP contribution in [0.5, 0.6) is 0 Å². The Labute approximate surface area is 134 Å². The van der Waals surface area contributed by atoms with E-state index in [0.717, 1.165) is 16.7 Å². The van der Waals surface area contributed by atoms with Crippen LogP contribution >= 0.6 is 0 Å². The molecule has 118 valence electrons. The van der Waals surface area contributed by atoms with Crippen molar-refractivity contribution in [1.82, 2.24) is 24.6 Å². The topological polar surface area (TPSA) is 75.9 Å². The molecule has 3 aromatic rings. The van der Waals surface area contributed by atoms with Gasteiger partial charge in [-0.05, 0) is 19.2 Å². The van der Waals surface area contributed by atoms with Crippen LogP contribution in [0.4, 0.5) is 5.82 Å². The molecule has 0 aliphatic rings. The van der Waals surface area contributed by atoms with Crippen molar-refractivity contribution < 1.29 is 4.79 Å². The van der Waals surface area contributed by atoms with Crippen molar-refractivity contribution in [1.29, 1.82) is 0 Å². The average Bonchev–Trinajstić information content (AvgIpc) is 2.91. The lowest BCUT2D eigenvalue weighted by atomic mass is 10.3. The Bertz CT molecular complexity index is 828. The first-order valence-corrected chi connectivity index (χ1v) is 7.29. The largest absolute Gasteiger partial charge is 0.308 e. The molecule has 0 spiro atoms. The molecule has 0 aliphatic heterocycles. The van der Waals surface area contributed by atoms with Gasteiger partial charge < -0.3 is 5.32 Å². The second-order valence-electron chi connectivity index (χ2n) is 5.45. The van der Waals surface area contributed by atoms with E-state index in [9.17, 15) is 4.79 Å². The summed E-state index contributed by atoms with van der Waals surface area (Å²) in [5, 5.41) is 6.88. The Morgan fingerprint density at radius 1 is 1.26 bits per heavy atom. The molecule has 2 aromatic heterocycles. The Hall–Kier alpha value is -2.80. The first-order valence-electron chi connectivity index (χ1n) is 7.29. The van der Waals surface area contributed by atoms with Gasteiger partial charge in [-0.25, -0.2) is 4.98 Å². The average molecular weight is 310 g/mol. The van der Waals surface area contributed by atoms with Crippen LogP contribution in [0.1, 0.15) is 5.69 Å². The summed E-state index contributed by atoms with van der Waals surface area (Å²) in [5.74, 6) is 0.441. The number of hydrogen-bond donors (Lipinski definition) is 1. The van der Waals surface area contributed by atoms with Crippen LogP contribution in [-0.2, 0) is 18.4 Å². The predicted molar refractivity (Wildman–Crippen MR) is 87.7 cm³/mol. The van der Waals surface area contributed by atoms with Gasteiger partial charge in [0.05, 0.1) is 29.5 Å². The number of carbonyl (C=O) groups excluding carboxylic acids is 1. The Balaban J connectivity index is 1.59. The van der Waals surface area contributed by atoms with Gasteiger partial charge in [-0.15, -0.1) is 0 Å². The first-order chi connectivity index (χ1) is 11.1. The van der Waals surface area contributed by atoms with E-state index in [0.29, 0.717) is 12.4 Å². The number of likely N-dealkylation sites (N-methyl/N-ethyl adjacent to an activating group) is 1. The van der Waals surface area contributed by atoms with Crippen LogP contribution in [0.25, 0.3) is 11.0 Å². The van der Waals surface area contributed by atoms with E-state index in [4.69, 9.17) is 0 Å². The zero-order valence-electron chi connectivity index (χ0n) is 13.1. The maximum atomic E-state index is 12.0. The van der Waals surface area contributed by atoms with Gasteiger partial charge in [-0.3, -0.25) is 19.4 Å². The molecule has 0 saturated heterocycles. The maximum Gasteiger partial charge on any atom is 0.239 e. The van der Waals surface area contributed by atoms with Crippen molar-refractivity contribution >= 4 is 22.8 Å². The van der Waals surface area contributed by atoms with Crippen molar-refractivity contribution in [2.75, 3.05) is 18.9 Å². The summed E-state index contributed by atoms with van der Waals surface area (Å²) in [6, 6.07) is 9.48. The fourth-order valence-corrected chi connectivity index (χ4v) is 2.31. The van der Waals surface area contributed by atoms with Gasteiger partial charge in [-0.1, -0.05) is 12.1 Å². The van der Waals surface area contributed by atoms with Crippen LogP contribution in [-0.4, -0.2) is 44.1 Å². The van der Waals surface area contributed by atoms with E-state index < -0.39 is 0 Å². The van der Waals surface area contributed by atoms with Crippen LogP contribution in [0.15, 0.2) is 42.7 Å². The van der Waals surface area contributed by atoms with Gasteiger partial charge >= 0.3 is 0 Å². The van der Waals surface area contributed by atoms with E-state index in [2.05, 4.69) is 20.4 Å². The molecule has 0 bridgehead atoms. The van der Waals surface area contributed by atoms with Crippen molar-refractivity contribution in [3.05, 3.63) is 48.4 Å². The predicted octanol–water partition coefficient (Wildman–Crippen LogP) is 1.43. The Morgan fingerprint density at radius 2 is 2.04 bits per heavy atom. The third kappa shape index (κ3) is 3.89. The number of fused-ring (bicyclic) bond motifs is 1. The number of hydrogen-bond acceptors (Lipinski definition) is 5. The van der Waals surface area contributed by atoms with Crippen LogP contribution < -0.4 is 5.32 Å². The van der Waals surface area contributed by atoms with E-state index in [1.54, 1.807) is 30.2 Å². The number of para-hydroxylation sites is 2. The van der Waals surface area contributed by atoms with Gasteiger partial charge in [0.1, 0.15) is 0 Å². The molecule has 0 radical (unpaired) electrons. The Morgan fingerprint density at radius 3 is 2.78 bits per heavy atom. The first kappa shape index (κ1) is 15.1. The summed E-state index contributed by atoms with van der Waals surface area (Å²) < 4.78 is 1.64. The number of carbonyl (C=O) groups is 1. The number of nitrogens with one attached hydrogen (secondary N) is 1. The third-order valence-electron chi connectivity index (χ3n) is 3.32. The molecule has 23 heavy (non-hydrogen) atoms. The molecule has 0 aliphatic carbocycles. The van der Waals surface area contributed by atoms with Crippen LogP contribution in [0.2, 0.25) is 0 Å². The molecular formula is C16H18N6O. The summed E-state index contributed by atoms with van der Waals surface area (Å²) in [7, 11) is 3.68. The monoisotopic (exact) mass is 310 g/mol. The minimum absolute atomic E-state index is 0.111. The molecule has 1 aromatic carbocycles. The summed E-state index contributed by atoms with van der Waals surface area (Å²) in [6.07, 6.45) is 3.53. The molecule has 0 saturated carbocycles. The molecule has 7 nitrogen and oxygen atoms in total. The quantitative estimate of drug-likeness (QED) is 0.771. The standard InChI is InChI=1S/C16H18N6O/c1-21(11-16(23)19-15-7-8-22(2)20-15)10-12-9-17-13-5-3-4-6-14(13)18-12/h3-9H,10-11H2,1-2H3,(H,19,20,23). The molecule has 1 N–H and O–H groups in total. The minimum atomic E-state index is -0.111. The summed E-state index contributed by atoms with van der Waals surface area (Å²) in [6.45, 7) is 0.804. The summed E-state index contributed by atoms with van der Waals surface area (Å²) in [5.41, 5.74) is 2.56. The zero-order chi connectivity index (χ0) is 16.2. The van der Waals surface area contributed by atoms with Crippen molar-refractivity contribution in [2.45, 2.75) is 6.54 Å². The second kappa shape index (κ2) is 6.53. The molecule has 0 fully saturated rings.